The molecule has 11 nitrogen and oxygen atoms in total. The number of carbonyl (C=O) groups is 4. The number of benzene rings is 1. The zero-order valence-corrected chi connectivity index (χ0v) is 25.9. The summed E-state index contributed by atoms with van der Waals surface area (Å²) < 4.78 is 11.4. The van der Waals surface area contributed by atoms with Gasteiger partial charge in [-0.25, -0.2) is 0 Å². The number of imide groups is 1. The number of likely N-dealkylation sites (tertiary alicyclic amines) is 3. The van der Waals surface area contributed by atoms with E-state index in [1.165, 1.54) is 0 Å². The molecule has 0 radical (unpaired) electrons. The van der Waals surface area contributed by atoms with E-state index in [9.17, 15) is 19.2 Å². The van der Waals surface area contributed by atoms with E-state index in [1.807, 2.05) is 30.9 Å². The first-order valence-corrected chi connectivity index (χ1v) is 15.7. The Morgan fingerprint density at radius 2 is 1.82 bits per heavy atom. The topological polar surface area (TPSA) is 125 Å². The zero-order chi connectivity index (χ0) is 31.2. The third kappa shape index (κ3) is 7.38. The van der Waals surface area contributed by atoms with Crippen molar-refractivity contribution in [2.75, 3.05) is 45.9 Å². The van der Waals surface area contributed by atoms with Crippen LogP contribution in [0.15, 0.2) is 46.1 Å². The van der Waals surface area contributed by atoms with Crippen LogP contribution in [-0.4, -0.2) is 89.4 Å². The Labute approximate surface area is 258 Å². The van der Waals surface area contributed by atoms with Crippen LogP contribution in [-0.2, 0) is 19.2 Å². The molecule has 3 aliphatic rings. The Bertz CT molecular complexity index is 1430. The Morgan fingerprint density at radius 3 is 2.52 bits per heavy atom. The maximum atomic E-state index is 13.3. The van der Waals surface area contributed by atoms with Crippen molar-refractivity contribution in [3.63, 3.8) is 0 Å². The summed E-state index contributed by atoms with van der Waals surface area (Å²) in [6.45, 7) is 11.9. The van der Waals surface area contributed by atoms with Crippen LogP contribution in [0.4, 0.5) is 0 Å². The molecular formula is C33H43N5O6. The van der Waals surface area contributed by atoms with Gasteiger partial charge in [0, 0.05) is 54.6 Å². The van der Waals surface area contributed by atoms with Crippen LogP contribution in [0, 0.1) is 0 Å². The molecule has 3 saturated heterocycles. The lowest BCUT2D eigenvalue weighted by Gasteiger charge is -2.33. The van der Waals surface area contributed by atoms with Gasteiger partial charge < -0.3 is 24.4 Å². The third-order valence-electron chi connectivity index (χ3n) is 8.86. The lowest BCUT2D eigenvalue weighted by molar-refractivity contribution is -0.142. The molecule has 4 heterocycles. The predicted molar refractivity (Wildman–Crippen MR) is 165 cm³/mol. The summed E-state index contributed by atoms with van der Waals surface area (Å²) in [6.07, 6.45) is 6.04. The van der Waals surface area contributed by atoms with Gasteiger partial charge in [0.2, 0.25) is 17.7 Å². The number of nitrogens with zero attached hydrogens (tertiary/aromatic N) is 4. The van der Waals surface area contributed by atoms with Gasteiger partial charge in [0.1, 0.15) is 18.9 Å². The van der Waals surface area contributed by atoms with E-state index in [0.717, 1.165) is 97.5 Å². The number of piperidine rings is 2. The van der Waals surface area contributed by atoms with Gasteiger partial charge in [-0.05, 0) is 77.6 Å². The number of fused-ring (bicyclic) bond motifs is 1. The minimum absolute atomic E-state index is 0.125. The summed E-state index contributed by atoms with van der Waals surface area (Å²) in [4.78, 5) is 54.0. The second-order valence-electron chi connectivity index (χ2n) is 12.1. The summed E-state index contributed by atoms with van der Waals surface area (Å²) in [6, 6.07) is 5.64. The molecule has 0 saturated carbocycles. The van der Waals surface area contributed by atoms with Gasteiger partial charge in [0.25, 0.3) is 5.91 Å². The van der Waals surface area contributed by atoms with E-state index in [0.29, 0.717) is 17.3 Å². The lowest BCUT2D eigenvalue weighted by Crippen LogP contribution is -2.41. The molecule has 0 spiro atoms. The van der Waals surface area contributed by atoms with Crippen LogP contribution >= 0.6 is 0 Å². The van der Waals surface area contributed by atoms with E-state index in [1.54, 1.807) is 6.07 Å². The molecule has 4 amide bonds. The monoisotopic (exact) mass is 605 g/mol. The summed E-state index contributed by atoms with van der Waals surface area (Å²) in [5.41, 5.74) is 4.55. The molecule has 1 aromatic carbocycles. The fraction of sp³-hybridized carbons (Fsp3) is 0.545. The van der Waals surface area contributed by atoms with E-state index in [-0.39, 0.29) is 50.3 Å². The Morgan fingerprint density at radius 1 is 1.07 bits per heavy atom. The zero-order valence-electron chi connectivity index (χ0n) is 25.9. The summed E-state index contributed by atoms with van der Waals surface area (Å²) in [7, 11) is 0. The number of carbonyl (C=O) groups excluding carboxylic acids is 4. The smallest absolute Gasteiger partial charge is 0.253 e. The molecule has 0 aliphatic carbocycles. The number of nitrogens with one attached hydrogen (secondary N) is 1. The van der Waals surface area contributed by atoms with Gasteiger partial charge in [0.15, 0.2) is 5.58 Å². The first kappa shape index (κ1) is 31.4. The van der Waals surface area contributed by atoms with Crippen LogP contribution in [0.25, 0.3) is 11.0 Å². The van der Waals surface area contributed by atoms with Gasteiger partial charge in [-0.3, -0.25) is 24.1 Å². The standard InChI is InChI=1S/C33H43N5O6/c1-22(2)26(33(42)37-15-5-4-6-23(37)3)13-18-36-16-11-24(12-17-36)32-27-8-7-25(20-28(27)44-35-32)43-19-14-34-29(39)21-38-30(40)9-10-31(38)41/h7-8,20,24H,3-6,9-19,21H2,1-2H3,(H,34,39). The highest BCUT2D eigenvalue weighted by Gasteiger charge is 2.30. The van der Waals surface area contributed by atoms with E-state index in [2.05, 4.69) is 22.0 Å². The molecule has 11 heteroatoms. The maximum Gasteiger partial charge on any atom is 0.253 e. The van der Waals surface area contributed by atoms with Crippen molar-refractivity contribution < 1.29 is 28.4 Å². The highest BCUT2D eigenvalue weighted by atomic mass is 16.5. The molecule has 3 fully saturated rings. The van der Waals surface area contributed by atoms with Gasteiger partial charge in [-0.1, -0.05) is 17.3 Å². The average molecular weight is 606 g/mol. The van der Waals surface area contributed by atoms with Gasteiger partial charge in [-0.15, -0.1) is 0 Å². The minimum atomic E-state index is -0.395. The number of rotatable bonds is 11. The Hall–Kier alpha value is -3.99. The quantitative estimate of drug-likeness (QED) is 0.232. The van der Waals surface area contributed by atoms with Gasteiger partial charge >= 0.3 is 0 Å². The molecule has 5 rings (SSSR count). The van der Waals surface area contributed by atoms with Crippen molar-refractivity contribution in [1.29, 1.82) is 0 Å². The molecule has 2 aromatic rings. The summed E-state index contributed by atoms with van der Waals surface area (Å²) in [5, 5.41) is 8.07. The minimum Gasteiger partial charge on any atom is -0.492 e. The second-order valence-corrected chi connectivity index (χ2v) is 12.1. The summed E-state index contributed by atoms with van der Waals surface area (Å²) in [5.74, 6) is 0.00571. The highest BCUT2D eigenvalue weighted by Crippen LogP contribution is 2.34. The van der Waals surface area contributed by atoms with Crippen molar-refractivity contribution in [3.8, 4) is 5.75 Å². The van der Waals surface area contributed by atoms with Crippen molar-refractivity contribution in [2.45, 2.75) is 71.1 Å². The second kappa shape index (κ2) is 14.2. The van der Waals surface area contributed by atoms with Crippen LogP contribution < -0.4 is 10.1 Å². The van der Waals surface area contributed by atoms with Crippen molar-refractivity contribution in [3.05, 3.63) is 47.3 Å². The molecule has 1 N–H and O–H groups in total. The SMILES string of the molecule is C=C1CCCCN1C(=O)C(CCN1CCC(c2noc3cc(OCCNC(=O)CN4C(=O)CCC4=O)ccc23)CC1)=C(C)C. The average Bonchev–Trinajstić information content (AvgIpc) is 3.58. The number of allylic oxidation sites excluding steroid dienone is 2. The van der Waals surface area contributed by atoms with Crippen LogP contribution in [0.3, 0.4) is 0 Å². The normalized spacial score (nSPS) is 18.3. The number of aromatic nitrogens is 1. The summed E-state index contributed by atoms with van der Waals surface area (Å²) >= 11 is 0. The van der Waals surface area contributed by atoms with Gasteiger partial charge in [0.05, 0.1) is 12.2 Å². The lowest BCUT2D eigenvalue weighted by atomic mass is 9.91. The molecule has 3 aliphatic heterocycles. The molecule has 1 aromatic heterocycles. The number of hydrogen-bond acceptors (Lipinski definition) is 8. The molecule has 0 unspecified atom stereocenters. The number of hydrogen-bond donors (Lipinski definition) is 1. The fourth-order valence-electron chi connectivity index (χ4n) is 6.25. The van der Waals surface area contributed by atoms with E-state index >= 15 is 0 Å². The Balaban J connectivity index is 1.07. The highest BCUT2D eigenvalue weighted by molar-refractivity contribution is 6.04. The largest absolute Gasteiger partial charge is 0.492 e. The fourth-order valence-corrected chi connectivity index (χ4v) is 6.25. The molecule has 0 atom stereocenters. The first-order chi connectivity index (χ1) is 21.2. The third-order valence-corrected chi connectivity index (χ3v) is 8.86. The van der Waals surface area contributed by atoms with Gasteiger partial charge in [-0.2, -0.15) is 0 Å². The van der Waals surface area contributed by atoms with E-state index in [4.69, 9.17) is 9.26 Å². The predicted octanol–water partition coefficient (Wildman–Crippen LogP) is 3.90. The molecular weight excluding hydrogens is 562 g/mol. The first-order valence-electron chi connectivity index (χ1n) is 15.7. The van der Waals surface area contributed by atoms with Crippen molar-refractivity contribution >= 4 is 34.6 Å². The molecule has 0 bridgehead atoms. The maximum absolute atomic E-state index is 13.3. The van der Waals surface area contributed by atoms with Crippen LogP contribution in [0.1, 0.15) is 76.8 Å². The van der Waals surface area contributed by atoms with Crippen LogP contribution in [0.2, 0.25) is 0 Å². The van der Waals surface area contributed by atoms with Crippen molar-refractivity contribution in [2.24, 2.45) is 0 Å². The number of amides is 4. The molecule has 236 valence electrons. The van der Waals surface area contributed by atoms with Crippen molar-refractivity contribution in [1.82, 2.24) is 25.2 Å². The number of ether oxygens (including phenoxy) is 1. The van der Waals surface area contributed by atoms with E-state index < -0.39 is 5.91 Å². The van der Waals surface area contributed by atoms with Crippen LogP contribution in [0.5, 0.6) is 5.75 Å². The molecule has 44 heavy (non-hydrogen) atoms. The Kier molecular flexibility index (Phi) is 10.1.